The van der Waals surface area contributed by atoms with E-state index in [1.807, 2.05) is 6.92 Å². The van der Waals surface area contributed by atoms with Gasteiger partial charge in [-0.1, -0.05) is 121 Å². The lowest BCUT2D eigenvalue weighted by Crippen LogP contribution is -2.49. The van der Waals surface area contributed by atoms with Crippen LogP contribution in [0.2, 0.25) is 0 Å². The van der Waals surface area contributed by atoms with Crippen LogP contribution in [0.4, 0.5) is 5.82 Å². The molecule has 1 fully saturated rings. The first-order chi connectivity index (χ1) is 35.3. The van der Waals surface area contributed by atoms with Crippen LogP contribution in [-0.4, -0.2) is 126 Å². The number of anilines is 1. The number of carbonyl (C=O) groups excluding carboxylic acids is 2. The van der Waals surface area contributed by atoms with E-state index in [-0.39, 0.29) is 37.9 Å². The number of aliphatic hydroxyl groups is 5. The number of aromatic nitrogens is 2. The van der Waals surface area contributed by atoms with Crippen molar-refractivity contribution in [3.8, 4) is 0 Å². The van der Waals surface area contributed by atoms with Crippen molar-refractivity contribution >= 4 is 33.4 Å². The van der Waals surface area contributed by atoms with Gasteiger partial charge in [-0.2, -0.15) is 9.29 Å². The van der Waals surface area contributed by atoms with Crippen LogP contribution in [0.3, 0.4) is 0 Å². The van der Waals surface area contributed by atoms with Gasteiger partial charge in [0.2, 0.25) is 0 Å². The fraction of sp³-hybridized carbons (Fsp3) is 0.760. The number of phosphoric acid groups is 2. The Hall–Kier alpha value is -3.18. The Morgan fingerprint density at radius 3 is 2.18 bits per heavy atom. The zero-order valence-corrected chi connectivity index (χ0v) is 45.0. The molecule has 0 spiro atoms. The van der Waals surface area contributed by atoms with Crippen molar-refractivity contribution in [1.82, 2.24) is 9.55 Å². The van der Waals surface area contributed by atoms with Gasteiger partial charge in [-0.15, -0.1) is 0 Å². The summed E-state index contributed by atoms with van der Waals surface area (Å²) in [6.07, 6.45) is 12.2. The van der Waals surface area contributed by atoms with Gasteiger partial charge in [0.1, 0.15) is 43.1 Å². The molecule has 0 amide bonds. The number of unbranched alkanes of at least 4 members (excludes halogenated alkanes) is 13. The second-order valence-electron chi connectivity index (χ2n) is 18.9. The Labute approximate surface area is 435 Å². The summed E-state index contributed by atoms with van der Waals surface area (Å²) in [4.78, 5) is 64.2. The number of nitrogens with two attached hydrogens (primary N) is 1. The Morgan fingerprint density at radius 2 is 1.50 bits per heavy atom. The molecule has 2 bridgehead atoms. The minimum Gasteiger partial charge on any atom is -0.462 e. The first-order valence-electron chi connectivity index (χ1n) is 26.4. The number of nitrogens with zero attached hydrogens (tertiary/aromatic N) is 2. The third kappa shape index (κ3) is 26.7. The van der Waals surface area contributed by atoms with E-state index in [9.17, 15) is 58.8 Å². The number of aliphatic hydroxyl groups excluding tert-OH is 5. The van der Waals surface area contributed by atoms with E-state index in [1.165, 1.54) is 43.9 Å². The minimum absolute atomic E-state index is 0.0689. The molecule has 1 aromatic rings. The van der Waals surface area contributed by atoms with E-state index in [2.05, 4.69) is 28.4 Å². The maximum absolute atomic E-state index is 13.4. The number of esters is 2. The molecule has 2 aliphatic heterocycles. The SMILES string of the molecule is CCCCCC/C=C\CCCCCCCCCC(=O)OC[C@@H]1COP(=O)(O)OP(=O)(O)OC[C@H]2O[C@@H](n3ccc(N)nc3=O)[C@@H](CC=CCCCC(=O)O1)[C@@H](O)CC(O)O[C@H](/C=C/[C@@H](O)CCCCC)[C@H](O)[C@@H]2O. The summed E-state index contributed by atoms with van der Waals surface area (Å²) in [7, 11) is -11.3. The van der Waals surface area contributed by atoms with E-state index in [1.54, 1.807) is 12.2 Å². The van der Waals surface area contributed by atoms with Crippen LogP contribution in [0, 0.1) is 5.92 Å². The molecule has 24 heteroatoms. The predicted octanol–water partition coefficient (Wildman–Crippen LogP) is 6.89. The molecule has 0 saturated carbocycles. The molecule has 1 aromatic heterocycles. The van der Waals surface area contributed by atoms with Crippen LogP contribution in [0.5, 0.6) is 0 Å². The fourth-order valence-corrected chi connectivity index (χ4v) is 10.4. The number of allylic oxidation sites excluding steroid dienone is 4. The molecule has 2 aliphatic rings. The van der Waals surface area contributed by atoms with Crippen molar-refractivity contribution in [2.24, 2.45) is 5.92 Å². The molecular weight excluding hydrogens is 1010 g/mol. The van der Waals surface area contributed by atoms with Crippen molar-refractivity contribution in [3.63, 3.8) is 0 Å². The van der Waals surface area contributed by atoms with E-state index in [0.717, 1.165) is 75.0 Å². The summed E-state index contributed by atoms with van der Waals surface area (Å²) in [5, 5.41) is 56.8. The average Bonchev–Trinajstić information content (AvgIpc) is 3.35. The van der Waals surface area contributed by atoms with Crippen molar-refractivity contribution < 1.29 is 86.3 Å². The largest absolute Gasteiger partial charge is 0.481 e. The highest BCUT2D eigenvalue weighted by atomic mass is 31.3. The molecule has 12 atom stereocenters. The van der Waals surface area contributed by atoms with Gasteiger partial charge in [0.05, 0.1) is 25.4 Å². The number of hydrogen-bond donors (Lipinski definition) is 8. The second-order valence-corrected chi connectivity index (χ2v) is 21.9. The van der Waals surface area contributed by atoms with Crippen LogP contribution in [0.15, 0.2) is 53.5 Å². The van der Waals surface area contributed by atoms with E-state index < -0.39 is 121 Å². The lowest BCUT2D eigenvalue weighted by Gasteiger charge is -2.36. The first kappa shape index (κ1) is 65.1. The fourth-order valence-electron chi connectivity index (χ4n) is 8.28. The summed E-state index contributed by atoms with van der Waals surface area (Å²) in [6, 6.07) is 1.23. The van der Waals surface area contributed by atoms with E-state index in [4.69, 9.17) is 33.7 Å². The molecule has 0 aliphatic carbocycles. The third-order valence-corrected chi connectivity index (χ3v) is 15.1. The zero-order valence-electron chi connectivity index (χ0n) is 43.2. The molecule has 0 aromatic carbocycles. The molecule has 74 heavy (non-hydrogen) atoms. The van der Waals surface area contributed by atoms with Gasteiger partial charge in [0, 0.05) is 31.4 Å². The zero-order chi connectivity index (χ0) is 54.4. The molecule has 9 N–H and O–H groups in total. The van der Waals surface area contributed by atoms with Crippen LogP contribution in [-0.2, 0) is 51.0 Å². The van der Waals surface area contributed by atoms with Crippen LogP contribution in [0.25, 0.3) is 0 Å². The second kappa shape index (κ2) is 36.0. The van der Waals surface area contributed by atoms with E-state index >= 15 is 0 Å². The van der Waals surface area contributed by atoms with E-state index in [0.29, 0.717) is 19.3 Å². The number of nitrogen functional groups attached to an aromatic ring is 1. The molecule has 0 radical (unpaired) electrons. The van der Waals surface area contributed by atoms with Gasteiger partial charge in [-0.05, 0) is 63.9 Å². The summed E-state index contributed by atoms with van der Waals surface area (Å²) < 4.78 is 64.7. The Kier molecular flexibility index (Phi) is 31.7. The van der Waals surface area contributed by atoms with Crippen molar-refractivity contribution in [2.75, 3.05) is 25.6 Å². The number of rotatable bonds is 24. The lowest BCUT2D eigenvalue weighted by molar-refractivity contribution is -0.192. The summed E-state index contributed by atoms with van der Waals surface area (Å²) >= 11 is 0. The smallest absolute Gasteiger partial charge is 0.462 e. The van der Waals surface area contributed by atoms with Gasteiger partial charge in [-0.3, -0.25) is 23.2 Å². The minimum atomic E-state index is -5.73. The molecule has 3 heterocycles. The van der Waals surface area contributed by atoms with Gasteiger partial charge in [0.25, 0.3) is 0 Å². The lowest BCUT2D eigenvalue weighted by atomic mass is 9.92. The molecule has 1 saturated heterocycles. The van der Waals surface area contributed by atoms with Gasteiger partial charge in [-0.25, -0.2) is 13.9 Å². The topological polar surface area (TPSA) is 335 Å². The third-order valence-electron chi connectivity index (χ3n) is 12.5. The van der Waals surface area contributed by atoms with Gasteiger partial charge < -0.3 is 60.0 Å². The van der Waals surface area contributed by atoms with Crippen molar-refractivity contribution in [3.05, 3.63) is 59.2 Å². The normalized spacial score (nSPS) is 30.0. The summed E-state index contributed by atoms with van der Waals surface area (Å²) in [5.74, 6) is -2.85. The molecule has 22 nitrogen and oxygen atoms in total. The van der Waals surface area contributed by atoms with Crippen molar-refractivity contribution in [1.29, 1.82) is 0 Å². The maximum Gasteiger partial charge on any atom is 0.481 e. The number of ether oxygens (including phenoxy) is 4. The monoisotopic (exact) mass is 1090 g/mol. The summed E-state index contributed by atoms with van der Waals surface area (Å²) in [6.45, 7) is 1.42. The maximum atomic E-state index is 13.4. The number of carbonyl (C=O) groups is 2. The molecular formula is C50H85N3O19P2. The predicted molar refractivity (Wildman–Crippen MR) is 274 cm³/mol. The Morgan fingerprint density at radius 1 is 0.865 bits per heavy atom. The van der Waals surface area contributed by atoms with Gasteiger partial charge >= 0.3 is 33.3 Å². The molecule has 3 rings (SSSR count). The Bertz CT molecular complexity index is 2010. The highest BCUT2D eigenvalue weighted by Crippen LogP contribution is 2.60. The Balaban J connectivity index is 1.79. The number of cyclic esters (lactones) is 1. The number of phosphoric ester groups is 2. The number of hydrogen-bond acceptors (Lipinski definition) is 19. The van der Waals surface area contributed by atoms with Crippen molar-refractivity contribution in [2.45, 2.75) is 217 Å². The first-order valence-corrected chi connectivity index (χ1v) is 29.4. The quantitative estimate of drug-likeness (QED) is 0.0226. The highest BCUT2D eigenvalue weighted by molar-refractivity contribution is 7.61. The summed E-state index contributed by atoms with van der Waals surface area (Å²) in [5.41, 5.74) is 4.75. The molecule has 424 valence electrons. The van der Waals surface area contributed by atoms with Gasteiger partial charge in [0.15, 0.2) is 12.4 Å². The van der Waals surface area contributed by atoms with Crippen LogP contribution < -0.4 is 11.4 Å². The number of fused-ring (bicyclic) bond motifs is 3. The van der Waals surface area contributed by atoms with Crippen LogP contribution >= 0.6 is 15.6 Å². The average molecular weight is 1090 g/mol. The van der Waals surface area contributed by atoms with Crippen LogP contribution in [0.1, 0.15) is 168 Å². The standard InChI is InChI=1S/C50H85N3O19P2/c1-3-5-7-8-9-10-11-12-13-14-15-16-17-18-23-27-44(56)66-34-38-35-67-73(62,63)72-74(64,65)68-36-42-48(60)47(59)41(30-29-37(54)25-21-6-4-2)70-46(58)33-40(55)39(26-22-19-20-24-28-45(57)69-38)49(71-42)53-32-31-43(51)52-50(53)61/h10-11,19,22,29-32,37-42,46-49,54-55,58-60H,3-9,12-18,20-21,23-28,33-36H2,1-2H3,(H,62,63)(H,64,65)(H2,51,52,61)/b11-10-,22-19?,30-29+/t37-,38+,39-,40-,41+,42+,46?,47-,48+,49+/m0/s1. The highest BCUT2D eigenvalue weighted by Gasteiger charge is 2.44. The molecule has 3 unspecified atom stereocenters.